The number of hydrogen-bond donors (Lipinski definition) is 2. The van der Waals surface area contributed by atoms with Gasteiger partial charge in [-0.3, -0.25) is 19.7 Å². The minimum Gasteiger partial charge on any atom is -0.335 e. The minimum absolute atomic E-state index is 0.0963. The summed E-state index contributed by atoms with van der Waals surface area (Å²) >= 11 is 0. The maximum atomic E-state index is 11.2. The Balaban J connectivity index is 1.76. The second-order valence-corrected chi connectivity index (χ2v) is 5.02. The van der Waals surface area contributed by atoms with Gasteiger partial charge in [-0.25, -0.2) is 0 Å². The summed E-state index contributed by atoms with van der Waals surface area (Å²) in [4.78, 5) is 39.2. The number of pyridine rings is 2. The Hall–Kier alpha value is -3.26. The number of H-pyrrole nitrogens is 2. The highest BCUT2D eigenvalue weighted by Gasteiger charge is 2.12. The van der Waals surface area contributed by atoms with E-state index in [-0.39, 0.29) is 17.9 Å². The zero-order chi connectivity index (χ0) is 16.9. The van der Waals surface area contributed by atoms with Crippen molar-refractivity contribution < 1.29 is 14.6 Å². The summed E-state index contributed by atoms with van der Waals surface area (Å²) in [7, 11) is 0. The normalized spacial score (nSPS) is 10.5. The summed E-state index contributed by atoms with van der Waals surface area (Å²) in [6, 6.07) is 4.76. The van der Waals surface area contributed by atoms with Gasteiger partial charge in [0.25, 0.3) is 0 Å². The van der Waals surface area contributed by atoms with Crippen LogP contribution in [0.3, 0.4) is 0 Å². The Kier molecular flexibility index (Phi) is 4.48. The van der Waals surface area contributed by atoms with Crippen LogP contribution in [0.1, 0.15) is 21.5 Å². The van der Waals surface area contributed by atoms with Gasteiger partial charge >= 0.3 is 0 Å². The van der Waals surface area contributed by atoms with Gasteiger partial charge in [-0.1, -0.05) is 6.07 Å². The summed E-state index contributed by atoms with van der Waals surface area (Å²) < 4.78 is 0. The molecule has 0 atom stereocenters. The van der Waals surface area contributed by atoms with E-state index >= 15 is 0 Å². The lowest BCUT2D eigenvalue weighted by Gasteiger charge is -2.09. The second-order valence-electron chi connectivity index (χ2n) is 5.02. The number of aromatic amines is 2. The predicted molar refractivity (Wildman–Crippen MR) is 84.4 cm³/mol. The van der Waals surface area contributed by atoms with Crippen LogP contribution in [-0.2, 0) is 11.5 Å². The summed E-state index contributed by atoms with van der Waals surface area (Å²) in [5, 5.41) is 6.89. The van der Waals surface area contributed by atoms with Crippen molar-refractivity contribution in [3.63, 3.8) is 0 Å². The van der Waals surface area contributed by atoms with Crippen molar-refractivity contribution in [2.75, 3.05) is 0 Å². The van der Waals surface area contributed by atoms with Gasteiger partial charge in [0.1, 0.15) is 6.61 Å². The van der Waals surface area contributed by atoms with Gasteiger partial charge in [0.05, 0.1) is 29.3 Å². The third-order valence-corrected chi connectivity index (χ3v) is 3.36. The van der Waals surface area contributed by atoms with Gasteiger partial charge in [0, 0.05) is 17.8 Å². The molecule has 3 heterocycles. The molecule has 3 rings (SSSR count). The number of aldehydes is 1. The molecule has 0 unspecified atom stereocenters. The number of aryl methyl sites for hydroxylation is 1. The van der Waals surface area contributed by atoms with Crippen LogP contribution in [-0.4, -0.2) is 26.5 Å². The maximum Gasteiger partial charge on any atom is 0.248 e. The van der Waals surface area contributed by atoms with Crippen molar-refractivity contribution >= 4 is 6.29 Å². The van der Waals surface area contributed by atoms with Crippen molar-refractivity contribution in [2.24, 2.45) is 0 Å². The van der Waals surface area contributed by atoms with Gasteiger partial charge in [-0.05, 0) is 18.6 Å². The molecule has 0 aromatic carbocycles. The van der Waals surface area contributed by atoms with Crippen molar-refractivity contribution in [2.45, 2.75) is 13.5 Å². The highest BCUT2D eigenvalue weighted by atomic mass is 17.2. The molecule has 24 heavy (non-hydrogen) atoms. The predicted octanol–water partition coefficient (Wildman–Crippen LogP) is 1.79. The van der Waals surface area contributed by atoms with Gasteiger partial charge in [-0.2, -0.15) is 9.99 Å². The van der Waals surface area contributed by atoms with E-state index in [1.807, 2.05) is 13.0 Å². The molecule has 0 saturated carbocycles. The number of rotatable bonds is 6. The molecule has 0 fully saturated rings. The Labute approximate surface area is 136 Å². The summed E-state index contributed by atoms with van der Waals surface area (Å²) in [5.41, 5.74) is 2.95. The molecular formula is C16H14N4O4. The largest absolute Gasteiger partial charge is 0.335 e. The van der Waals surface area contributed by atoms with Gasteiger partial charge in [-0.15, -0.1) is 0 Å². The van der Waals surface area contributed by atoms with E-state index in [1.165, 1.54) is 6.20 Å². The average molecular weight is 326 g/mol. The maximum absolute atomic E-state index is 11.2. The minimum atomic E-state index is -0.395. The van der Waals surface area contributed by atoms with Crippen LogP contribution in [0.2, 0.25) is 0 Å². The number of hydrogen-bond acceptors (Lipinski definition) is 6. The molecule has 0 saturated heterocycles. The monoisotopic (exact) mass is 326 g/mol. The highest BCUT2D eigenvalue weighted by molar-refractivity contribution is 5.78. The van der Waals surface area contributed by atoms with Crippen LogP contribution >= 0.6 is 0 Å². The van der Waals surface area contributed by atoms with Crippen LogP contribution in [0.15, 0.2) is 41.6 Å². The molecule has 8 nitrogen and oxygen atoms in total. The third kappa shape index (κ3) is 3.23. The molecule has 3 aromatic heterocycles. The number of nitrogens with zero attached hydrogens (tertiary/aromatic N) is 2. The lowest BCUT2D eigenvalue weighted by molar-refractivity contribution is -0.217. The molecule has 8 heteroatoms. The SMILES string of the molecule is Cc1cn[nH]c1-c1ncccc1COOc1c[nH]c(=O)cc1C=O. The number of aromatic nitrogens is 4. The average Bonchev–Trinajstić information content (AvgIpc) is 3.02. The van der Waals surface area contributed by atoms with Crippen LogP contribution in [0.5, 0.6) is 5.75 Å². The standard InChI is InChI=1S/C16H14N4O4/c1-10-6-19-20-15(10)16-11(3-2-4-17-16)9-23-24-13-7-18-14(22)5-12(13)8-21/h2-8H,9H2,1H3,(H,18,22)(H,19,20). The molecule has 0 aliphatic rings. The van der Waals surface area contributed by atoms with Crippen LogP contribution < -0.4 is 10.4 Å². The van der Waals surface area contributed by atoms with E-state index in [1.54, 1.807) is 18.5 Å². The first-order chi connectivity index (χ1) is 11.7. The van der Waals surface area contributed by atoms with Gasteiger partial charge < -0.3 is 9.87 Å². The molecule has 0 amide bonds. The van der Waals surface area contributed by atoms with E-state index in [0.29, 0.717) is 12.0 Å². The molecule has 0 aliphatic carbocycles. The van der Waals surface area contributed by atoms with Crippen molar-refractivity contribution in [3.05, 3.63) is 63.8 Å². The summed E-state index contributed by atoms with van der Waals surface area (Å²) in [5.74, 6) is 0.132. The zero-order valence-electron chi connectivity index (χ0n) is 12.8. The topological polar surface area (TPSA) is 110 Å². The Morgan fingerprint density at radius 1 is 1.38 bits per heavy atom. The van der Waals surface area contributed by atoms with E-state index in [0.717, 1.165) is 22.9 Å². The first-order valence-corrected chi connectivity index (χ1v) is 7.10. The molecule has 2 N–H and O–H groups in total. The molecule has 0 radical (unpaired) electrons. The van der Waals surface area contributed by atoms with Crippen LogP contribution in [0, 0.1) is 6.92 Å². The van der Waals surface area contributed by atoms with E-state index in [9.17, 15) is 9.59 Å². The molecular weight excluding hydrogens is 312 g/mol. The van der Waals surface area contributed by atoms with Gasteiger partial charge in [0.2, 0.25) is 5.56 Å². The molecule has 0 spiro atoms. The lowest BCUT2D eigenvalue weighted by atomic mass is 10.1. The highest BCUT2D eigenvalue weighted by Crippen LogP contribution is 2.23. The van der Waals surface area contributed by atoms with Crippen molar-refractivity contribution in [3.8, 4) is 17.1 Å². The van der Waals surface area contributed by atoms with E-state index in [4.69, 9.17) is 9.78 Å². The third-order valence-electron chi connectivity index (χ3n) is 3.36. The quantitative estimate of drug-likeness (QED) is 0.406. The van der Waals surface area contributed by atoms with Crippen molar-refractivity contribution in [1.82, 2.24) is 20.2 Å². The second kappa shape index (κ2) is 6.88. The Bertz CT molecular complexity index is 916. The van der Waals surface area contributed by atoms with Gasteiger partial charge in [0.15, 0.2) is 12.0 Å². The smallest absolute Gasteiger partial charge is 0.248 e. The fraction of sp³-hybridized carbons (Fsp3) is 0.125. The van der Waals surface area contributed by atoms with Crippen molar-refractivity contribution in [1.29, 1.82) is 0 Å². The molecule has 0 aliphatic heterocycles. The number of carbonyl (C=O) groups excluding carboxylic acids is 1. The summed E-state index contributed by atoms with van der Waals surface area (Å²) in [6.45, 7) is 2.02. The first-order valence-electron chi connectivity index (χ1n) is 7.10. The fourth-order valence-corrected chi connectivity index (χ4v) is 2.16. The Morgan fingerprint density at radius 2 is 2.25 bits per heavy atom. The van der Waals surface area contributed by atoms with E-state index < -0.39 is 5.56 Å². The van der Waals surface area contributed by atoms with Crippen LogP contribution in [0.25, 0.3) is 11.4 Å². The molecule has 0 bridgehead atoms. The lowest BCUT2D eigenvalue weighted by Crippen LogP contribution is -2.08. The zero-order valence-corrected chi connectivity index (χ0v) is 12.8. The molecule has 122 valence electrons. The molecule has 3 aromatic rings. The number of carbonyl (C=O) groups is 1. The number of nitrogens with one attached hydrogen (secondary N) is 2. The van der Waals surface area contributed by atoms with Crippen LogP contribution in [0.4, 0.5) is 0 Å². The first kappa shape index (κ1) is 15.6. The summed E-state index contributed by atoms with van der Waals surface area (Å²) in [6.07, 6.45) is 5.18. The Morgan fingerprint density at radius 3 is 3.00 bits per heavy atom. The van der Waals surface area contributed by atoms with E-state index in [2.05, 4.69) is 20.2 Å². The fourth-order valence-electron chi connectivity index (χ4n) is 2.16.